The van der Waals surface area contributed by atoms with E-state index in [9.17, 15) is 0 Å². The molecule has 0 saturated carbocycles. The number of benzene rings is 1. The molecular formula is C11H17PS. The van der Waals surface area contributed by atoms with Crippen LogP contribution in [-0.2, 0) is 5.75 Å². The number of thioether (sulfide) groups is 1. The van der Waals surface area contributed by atoms with Crippen molar-refractivity contribution >= 4 is 26.3 Å². The Morgan fingerprint density at radius 3 is 2.38 bits per heavy atom. The maximum atomic E-state index is 2.79. The first kappa shape index (κ1) is 11.1. The number of hydrogen-bond donors (Lipinski definition) is 0. The molecule has 2 heteroatoms. The quantitative estimate of drug-likeness (QED) is 0.678. The van der Waals surface area contributed by atoms with Crippen molar-refractivity contribution < 1.29 is 0 Å². The second-order valence-electron chi connectivity index (χ2n) is 4.10. The van der Waals surface area contributed by atoms with Crippen LogP contribution in [0.25, 0.3) is 0 Å². The van der Waals surface area contributed by atoms with Crippen molar-refractivity contribution in [3.63, 3.8) is 0 Å². The molecule has 1 aromatic rings. The Labute approximate surface area is 87.7 Å². The predicted octanol–water partition coefficient (Wildman–Crippen LogP) is 3.22. The van der Waals surface area contributed by atoms with E-state index in [4.69, 9.17) is 0 Å². The van der Waals surface area contributed by atoms with Gasteiger partial charge in [0.15, 0.2) is 0 Å². The highest BCUT2D eigenvalue weighted by atomic mass is 32.2. The minimum Gasteiger partial charge on any atom is -0.151 e. The molecule has 0 aromatic heterocycles. The lowest BCUT2D eigenvalue weighted by molar-refractivity contribution is 0.802. The molecule has 0 aliphatic heterocycles. The van der Waals surface area contributed by atoms with Crippen LogP contribution >= 0.6 is 21.0 Å². The van der Waals surface area contributed by atoms with E-state index in [1.165, 1.54) is 10.9 Å². The average molecular weight is 212 g/mol. The fraction of sp³-hybridized carbons (Fsp3) is 0.455. The summed E-state index contributed by atoms with van der Waals surface area (Å²) in [5.41, 5.74) is 1.42. The summed E-state index contributed by atoms with van der Waals surface area (Å²) in [4.78, 5) is 0. The van der Waals surface area contributed by atoms with E-state index in [0.29, 0.717) is 4.75 Å². The molecule has 13 heavy (non-hydrogen) atoms. The summed E-state index contributed by atoms with van der Waals surface area (Å²) in [6, 6.07) is 8.52. The first-order chi connectivity index (χ1) is 5.99. The molecule has 1 aromatic carbocycles. The second-order valence-corrected chi connectivity index (χ2v) is 6.52. The fourth-order valence-electron chi connectivity index (χ4n) is 0.960. The van der Waals surface area contributed by atoms with Gasteiger partial charge in [-0.25, -0.2) is 0 Å². The molecular weight excluding hydrogens is 195 g/mol. The molecule has 1 rings (SSSR count). The Kier molecular flexibility index (Phi) is 3.82. The molecule has 0 aliphatic carbocycles. The van der Waals surface area contributed by atoms with Crippen molar-refractivity contribution in [2.45, 2.75) is 31.3 Å². The van der Waals surface area contributed by atoms with Gasteiger partial charge in [0.2, 0.25) is 0 Å². The Morgan fingerprint density at radius 2 is 1.85 bits per heavy atom. The molecule has 1 atom stereocenters. The molecule has 0 heterocycles. The van der Waals surface area contributed by atoms with Crippen LogP contribution in [0.3, 0.4) is 0 Å². The number of hydrogen-bond acceptors (Lipinski definition) is 1. The molecule has 0 amide bonds. The zero-order valence-electron chi connectivity index (χ0n) is 8.50. The maximum absolute atomic E-state index is 2.79. The van der Waals surface area contributed by atoms with Crippen LogP contribution in [-0.4, -0.2) is 4.75 Å². The van der Waals surface area contributed by atoms with Crippen LogP contribution < -0.4 is 5.30 Å². The van der Waals surface area contributed by atoms with E-state index in [0.717, 1.165) is 5.75 Å². The van der Waals surface area contributed by atoms with Gasteiger partial charge < -0.3 is 0 Å². The highest BCUT2D eigenvalue weighted by molar-refractivity contribution is 7.99. The van der Waals surface area contributed by atoms with Gasteiger partial charge in [-0.05, 0) is 10.9 Å². The maximum Gasteiger partial charge on any atom is 0.0195 e. The summed E-state index contributed by atoms with van der Waals surface area (Å²) in [5, 5.41) is 1.32. The third-order valence-electron chi connectivity index (χ3n) is 1.72. The SMILES string of the molecule is CC(C)(C)SCc1ccccc1P. The highest BCUT2D eigenvalue weighted by Gasteiger charge is 2.10. The second kappa shape index (κ2) is 4.48. The van der Waals surface area contributed by atoms with E-state index in [-0.39, 0.29) is 0 Å². The fourth-order valence-corrected chi connectivity index (χ4v) is 2.27. The first-order valence-corrected chi connectivity index (χ1v) is 6.03. The van der Waals surface area contributed by atoms with Crippen LogP contribution in [0.5, 0.6) is 0 Å². The topological polar surface area (TPSA) is 0 Å². The first-order valence-electron chi connectivity index (χ1n) is 4.46. The van der Waals surface area contributed by atoms with Crippen molar-refractivity contribution in [1.82, 2.24) is 0 Å². The zero-order valence-corrected chi connectivity index (χ0v) is 10.5. The molecule has 0 saturated heterocycles. The van der Waals surface area contributed by atoms with Crippen molar-refractivity contribution in [3.05, 3.63) is 29.8 Å². The van der Waals surface area contributed by atoms with Gasteiger partial charge in [-0.3, -0.25) is 0 Å². The van der Waals surface area contributed by atoms with Gasteiger partial charge in [0.1, 0.15) is 0 Å². The summed E-state index contributed by atoms with van der Waals surface area (Å²) in [5.74, 6) is 1.10. The van der Waals surface area contributed by atoms with Gasteiger partial charge in [0.25, 0.3) is 0 Å². The molecule has 0 aliphatic rings. The molecule has 0 nitrogen and oxygen atoms in total. The van der Waals surface area contributed by atoms with E-state index >= 15 is 0 Å². The summed E-state index contributed by atoms with van der Waals surface area (Å²) in [6.45, 7) is 6.76. The van der Waals surface area contributed by atoms with E-state index in [2.05, 4.69) is 54.3 Å². The van der Waals surface area contributed by atoms with Crippen LogP contribution in [0.2, 0.25) is 0 Å². The standard InChI is InChI=1S/C11H17PS/c1-11(2,3)13-8-9-6-4-5-7-10(9)12/h4-7H,8,12H2,1-3H3. The van der Waals surface area contributed by atoms with Gasteiger partial charge in [-0.2, -0.15) is 11.8 Å². The van der Waals surface area contributed by atoms with Gasteiger partial charge in [0.05, 0.1) is 0 Å². The lowest BCUT2D eigenvalue weighted by Crippen LogP contribution is -2.09. The third kappa shape index (κ3) is 4.15. The molecule has 72 valence electrons. The smallest absolute Gasteiger partial charge is 0.0195 e. The van der Waals surface area contributed by atoms with Crippen molar-refractivity contribution in [2.24, 2.45) is 0 Å². The number of rotatable bonds is 2. The lowest BCUT2D eigenvalue weighted by atomic mass is 10.2. The minimum atomic E-state index is 0.354. The van der Waals surface area contributed by atoms with Crippen LogP contribution in [0.15, 0.2) is 24.3 Å². The molecule has 1 unspecified atom stereocenters. The van der Waals surface area contributed by atoms with Gasteiger partial charge in [0, 0.05) is 10.5 Å². The summed E-state index contributed by atoms with van der Waals surface area (Å²) in [7, 11) is 2.79. The van der Waals surface area contributed by atoms with Crippen molar-refractivity contribution in [3.8, 4) is 0 Å². The summed E-state index contributed by atoms with van der Waals surface area (Å²) in [6.07, 6.45) is 0. The largest absolute Gasteiger partial charge is 0.151 e. The highest BCUT2D eigenvalue weighted by Crippen LogP contribution is 2.26. The Balaban J connectivity index is 2.60. The molecule has 0 N–H and O–H groups in total. The molecule has 0 fully saturated rings. The molecule has 0 spiro atoms. The Morgan fingerprint density at radius 1 is 1.23 bits per heavy atom. The van der Waals surface area contributed by atoms with Crippen molar-refractivity contribution in [2.75, 3.05) is 0 Å². The van der Waals surface area contributed by atoms with Crippen LogP contribution in [0.4, 0.5) is 0 Å². The monoisotopic (exact) mass is 212 g/mol. The lowest BCUT2D eigenvalue weighted by Gasteiger charge is -2.18. The Bertz CT molecular complexity index is 276. The Hall–Kier alpha value is -0.0000000000000000555. The van der Waals surface area contributed by atoms with E-state index in [1.54, 1.807) is 0 Å². The minimum absolute atomic E-state index is 0.354. The predicted molar refractivity (Wildman–Crippen MR) is 66.8 cm³/mol. The van der Waals surface area contributed by atoms with Crippen molar-refractivity contribution in [1.29, 1.82) is 0 Å². The van der Waals surface area contributed by atoms with Gasteiger partial charge >= 0.3 is 0 Å². The van der Waals surface area contributed by atoms with Crippen LogP contribution in [0.1, 0.15) is 26.3 Å². The molecule has 0 radical (unpaired) electrons. The van der Waals surface area contributed by atoms with Gasteiger partial charge in [-0.1, -0.05) is 45.0 Å². The van der Waals surface area contributed by atoms with E-state index < -0.39 is 0 Å². The zero-order chi connectivity index (χ0) is 9.90. The summed E-state index contributed by atoms with van der Waals surface area (Å²) < 4.78 is 0.354. The average Bonchev–Trinajstić information content (AvgIpc) is 2.01. The van der Waals surface area contributed by atoms with Gasteiger partial charge in [-0.15, -0.1) is 9.24 Å². The summed E-state index contributed by atoms with van der Waals surface area (Å²) >= 11 is 1.99. The normalized spacial score (nSPS) is 11.7. The van der Waals surface area contributed by atoms with E-state index in [1.807, 2.05) is 11.8 Å². The van der Waals surface area contributed by atoms with Crippen LogP contribution in [0, 0.1) is 0 Å². The third-order valence-corrected chi connectivity index (χ3v) is 3.60. The molecule has 0 bridgehead atoms.